The molecule has 0 spiro atoms. The molecule has 0 saturated carbocycles. The third-order valence-electron chi connectivity index (χ3n) is 4.12. The largest absolute Gasteiger partial charge is 0.454 e. The summed E-state index contributed by atoms with van der Waals surface area (Å²) in [6, 6.07) is -0.610. The molecule has 9 nitrogen and oxygen atoms in total. The Morgan fingerprint density at radius 1 is 1.30 bits per heavy atom. The van der Waals surface area contributed by atoms with Crippen molar-refractivity contribution in [2.24, 2.45) is 0 Å². The van der Waals surface area contributed by atoms with Gasteiger partial charge in [-0.25, -0.2) is 9.78 Å². The van der Waals surface area contributed by atoms with Gasteiger partial charge >= 0.3 is 12.0 Å². The first-order valence-corrected chi connectivity index (χ1v) is 9.71. The first-order chi connectivity index (χ1) is 12.8. The van der Waals surface area contributed by atoms with Gasteiger partial charge in [-0.15, -0.1) is 11.3 Å². The molecule has 1 fully saturated rings. The minimum atomic E-state index is -0.957. The van der Waals surface area contributed by atoms with Gasteiger partial charge in [0.05, 0.1) is 5.69 Å². The molecule has 4 amide bonds. The summed E-state index contributed by atoms with van der Waals surface area (Å²) in [5.41, 5.74) is -0.186. The summed E-state index contributed by atoms with van der Waals surface area (Å²) in [5.74, 6) is -1.79. The van der Waals surface area contributed by atoms with Crippen LogP contribution < -0.4 is 10.6 Å². The fourth-order valence-electron chi connectivity index (χ4n) is 3.02. The number of hydrogen-bond acceptors (Lipinski definition) is 7. The first-order valence-electron chi connectivity index (χ1n) is 8.83. The number of anilines is 1. The smallest absolute Gasteiger partial charge is 0.326 e. The highest BCUT2D eigenvalue weighted by Crippen LogP contribution is 2.27. The number of ether oxygens (including phenoxy) is 1. The van der Waals surface area contributed by atoms with Crippen LogP contribution in [0.25, 0.3) is 0 Å². The molecule has 27 heavy (non-hydrogen) atoms. The Labute approximate surface area is 161 Å². The van der Waals surface area contributed by atoms with E-state index in [-0.39, 0.29) is 0 Å². The van der Waals surface area contributed by atoms with Gasteiger partial charge in [0, 0.05) is 5.38 Å². The van der Waals surface area contributed by atoms with Gasteiger partial charge in [-0.1, -0.05) is 26.7 Å². The molecular formula is C17H24N4O5S. The summed E-state index contributed by atoms with van der Waals surface area (Å²) in [7, 11) is 0. The maximum atomic E-state index is 12.7. The molecule has 0 atom stereocenters. The number of urea groups is 1. The van der Waals surface area contributed by atoms with Crippen molar-refractivity contribution in [1.82, 2.24) is 15.2 Å². The number of carbonyl (C=O) groups is 4. The topological polar surface area (TPSA) is 118 Å². The van der Waals surface area contributed by atoms with E-state index in [2.05, 4.69) is 15.6 Å². The number of thiazole rings is 1. The molecule has 0 aliphatic carbocycles. The van der Waals surface area contributed by atoms with Gasteiger partial charge in [0.15, 0.2) is 11.7 Å². The van der Waals surface area contributed by atoms with Gasteiger partial charge in [-0.2, -0.15) is 0 Å². The van der Waals surface area contributed by atoms with Crippen LogP contribution in [0, 0.1) is 6.92 Å². The van der Waals surface area contributed by atoms with E-state index in [1.165, 1.54) is 11.3 Å². The molecule has 2 heterocycles. The zero-order chi connectivity index (χ0) is 20.0. The second-order valence-electron chi connectivity index (χ2n) is 6.41. The van der Waals surface area contributed by atoms with Crippen LogP contribution in [-0.4, -0.2) is 52.4 Å². The Kier molecular flexibility index (Phi) is 6.89. The predicted molar refractivity (Wildman–Crippen MR) is 99.2 cm³/mol. The highest BCUT2D eigenvalue weighted by Gasteiger charge is 2.50. The summed E-state index contributed by atoms with van der Waals surface area (Å²) in [6.07, 6.45) is 2.46. The molecular weight excluding hydrogens is 372 g/mol. The molecule has 1 aromatic heterocycles. The van der Waals surface area contributed by atoms with Crippen LogP contribution in [-0.2, 0) is 19.1 Å². The Morgan fingerprint density at radius 3 is 2.52 bits per heavy atom. The van der Waals surface area contributed by atoms with Gasteiger partial charge in [0.1, 0.15) is 12.1 Å². The number of aromatic nitrogens is 1. The lowest BCUT2D eigenvalue weighted by molar-refractivity contribution is -0.150. The maximum absolute atomic E-state index is 12.7. The number of esters is 1. The lowest BCUT2D eigenvalue weighted by Crippen LogP contribution is -2.47. The highest BCUT2D eigenvalue weighted by atomic mass is 32.1. The second kappa shape index (κ2) is 8.94. The van der Waals surface area contributed by atoms with Crippen LogP contribution in [0.15, 0.2) is 5.38 Å². The number of imide groups is 1. The fraction of sp³-hybridized carbons (Fsp3) is 0.588. The van der Waals surface area contributed by atoms with Gasteiger partial charge < -0.3 is 10.1 Å². The van der Waals surface area contributed by atoms with E-state index in [1.54, 1.807) is 12.3 Å². The van der Waals surface area contributed by atoms with E-state index < -0.39 is 42.5 Å². The van der Waals surface area contributed by atoms with Crippen molar-refractivity contribution in [3.63, 3.8) is 0 Å². The van der Waals surface area contributed by atoms with Crippen LogP contribution in [0.3, 0.4) is 0 Å². The Hall–Kier alpha value is -2.49. The molecule has 0 radical (unpaired) electrons. The van der Waals surface area contributed by atoms with Crippen LogP contribution in [0.2, 0.25) is 0 Å². The molecule has 2 N–H and O–H groups in total. The zero-order valence-corrected chi connectivity index (χ0v) is 16.5. The Balaban J connectivity index is 1.88. The van der Waals surface area contributed by atoms with Crippen molar-refractivity contribution < 1.29 is 23.9 Å². The number of nitrogens with one attached hydrogen (secondary N) is 2. The first kappa shape index (κ1) is 20.8. The van der Waals surface area contributed by atoms with Gasteiger partial charge in [-0.3, -0.25) is 24.6 Å². The van der Waals surface area contributed by atoms with Crippen molar-refractivity contribution in [2.45, 2.75) is 52.0 Å². The second-order valence-corrected chi connectivity index (χ2v) is 7.26. The summed E-state index contributed by atoms with van der Waals surface area (Å²) in [6.45, 7) is 4.60. The molecule has 148 valence electrons. The van der Waals surface area contributed by atoms with Crippen molar-refractivity contribution in [3.05, 3.63) is 11.1 Å². The van der Waals surface area contributed by atoms with E-state index >= 15 is 0 Å². The molecule has 2 rings (SSSR count). The van der Waals surface area contributed by atoms with Crippen LogP contribution in [0.4, 0.5) is 9.93 Å². The Bertz CT molecular complexity index is 727. The molecule has 1 saturated heterocycles. The van der Waals surface area contributed by atoms with Crippen molar-refractivity contribution in [3.8, 4) is 0 Å². The van der Waals surface area contributed by atoms with E-state index in [9.17, 15) is 19.2 Å². The molecule has 1 aliphatic heterocycles. The van der Waals surface area contributed by atoms with E-state index in [4.69, 9.17) is 4.74 Å². The molecule has 0 aromatic carbocycles. The molecule has 10 heteroatoms. The third kappa shape index (κ3) is 5.03. The number of aryl methyl sites for hydroxylation is 1. The SMILES string of the molecule is CCCC1(CCC)NC(=O)N(CC(=O)OCC(=O)Nc2nc(C)cs2)C1=O. The lowest BCUT2D eigenvalue weighted by atomic mass is 9.88. The van der Waals surface area contributed by atoms with Crippen LogP contribution >= 0.6 is 11.3 Å². The minimum Gasteiger partial charge on any atom is -0.454 e. The van der Waals surface area contributed by atoms with Crippen molar-refractivity contribution >= 4 is 40.3 Å². The van der Waals surface area contributed by atoms with Crippen molar-refractivity contribution in [2.75, 3.05) is 18.5 Å². The molecule has 1 aromatic rings. The number of hydrogen-bond donors (Lipinski definition) is 2. The highest BCUT2D eigenvalue weighted by molar-refractivity contribution is 7.13. The molecule has 0 unspecified atom stereocenters. The summed E-state index contributed by atoms with van der Waals surface area (Å²) >= 11 is 1.26. The van der Waals surface area contributed by atoms with Gasteiger partial charge in [-0.05, 0) is 19.8 Å². The third-order valence-corrected chi connectivity index (χ3v) is 4.99. The van der Waals surface area contributed by atoms with Gasteiger partial charge in [0.2, 0.25) is 0 Å². The van der Waals surface area contributed by atoms with E-state index in [0.29, 0.717) is 18.0 Å². The number of nitrogens with zero attached hydrogens (tertiary/aromatic N) is 2. The van der Waals surface area contributed by atoms with Crippen LogP contribution in [0.1, 0.15) is 45.2 Å². The molecule has 1 aliphatic rings. The maximum Gasteiger partial charge on any atom is 0.326 e. The van der Waals surface area contributed by atoms with E-state index in [0.717, 1.165) is 23.4 Å². The van der Waals surface area contributed by atoms with Crippen LogP contribution in [0.5, 0.6) is 0 Å². The Morgan fingerprint density at radius 2 is 1.96 bits per heavy atom. The van der Waals surface area contributed by atoms with Crippen molar-refractivity contribution in [1.29, 1.82) is 0 Å². The standard InChI is InChI=1S/C17H24N4O5S/c1-4-6-17(7-5-2)14(24)21(16(25)20-17)8-13(23)26-9-12(22)19-15-18-11(3)10-27-15/h10H,4-9H2,1-3H3,(H,20,25)(H,18,19,22). The average molecular weight is 396 g/mol. The monoisotopic (exact) mass is 396 g/mol. The normalized spacial score (nSPS) is 15.6. The predicted octanol–water partition coefficient (Wildman–Crippen LogP) is 1.82. The van der Waals surface area contributed by atoms with Gasteiger partial charge in [0.25, 0.3) is 11.8 Å². The summed E-state index contributed by atoms with van der Waals surface area (Å²) < 4.78 is 4.88. The number of amides is 4. The fourth-order valence-corrected chi connectivity index (χ4v) is 3.73. The minimum absolute atomic E-state index is 0.409. The number of rotatable bonds is 9. The lowest BCUT2D eigenvalue weighted by Gasteiger charge is -2.25. The number of carbonyl (C=O) groups excluding carboxylic acids is 4. The quantitative estimate of drug-likeness (QED) is 0.486. The summed E-state index contributed by atoms with van der Waals surface area (Å²) in [4.78, 5) is 53.6. The van der Waals surface area contributed by atoms with E-state index in [1.807, 2.05) is 13.8 Å². The summed E-state index contributed by atoms with van der Waals surface area (Å²) in [5, 5.41) is 7.41. The average Bonchev–Trinajstić information content (AvgIpc) is 3.10. The zero-order valence-electron chi connectivity index (χ0n) is 15.7. The molecule has 0 bridgehead atoms.